The van der Waals surface area contributed by atoms with E-state index in [1.54, 1.807) is 30.6 Å². The quantitative estimate of drug-likeness (QED) is 0.661. The van der Waals surface area contributed by atoms with E-state index in [-0.39, 0.29) is 17.4 Å². The molecule has 0 spiro atoms. The first-order valence-corrected chi connectivity index (χ1v) is 8.82. The van der Waals surface area contributed by atoms with Crippen LogP contribution in [0.1, 0.15) is 33.2 Å². The fraction of sp³-hybridized carbons (Fsp3) is 0.143. The largest absolute Gasteiger partial charge is 0.492 e. The maximum absolute atomic E-state index is 12.6. The van der Waals surface area contributed by atoms with Gasteiger partial charge in [0.1, 0.15) is 5.75 Å². The number of rotatable bonds is 7. The average Bonchev–Trinajstić information content (AvgIpc) is 2.74. The van der Waals surface area contributed by atoms with Crippen molar-refractivity contribution in [1.29, 1.82) is 0 Å². The molecule has 2 amide bonds. The molecule has 0 aliphatic rings. The Morgan fingerprint density at radius 3 is 2.43 bits per heavy atom. The number of carbonyl (C=O) groups excluding carboxylic acids is 2. The molecule has 1 aromatic carbocycles. The summed E-state index contributed by atoms with van der Waals surface area (Å²) in [5, 5.41) is 5.59. The van der Waals surface area contributed by atoms with Crippen molar-refractivity contribution in [2.24, 2.45) is 0 Å². The first-order chi connectivity index (χ1) is 13.7. The predicted molar refractivity (Wildman–Crippen MR) is 105 cm³/mol. The summed E-state index contributed by atoms with van der Waals surface area (Å²) in [5.74, 6) is -0.102. The van der Waals surface area contributed by atoms with Crippen LogP contribution in [-0.2, 0) is 6.54 Å². The molecule has 0 radical (unpaired) electrons. The molecule has 0 fully saturated rings. The Labute approximate surface area is 162 Å². The van der Waals surface area contributed by atoms with E-state index in [1.807, 2.05) is 25.1 Å². The molecule has 0 saturated carbocycles. The summed E-state index contributed by atoms with van der Waals surface area (Å²) in [5.41, 5.74) is 2.07. The highest BCUT2D eigenvalue weighted by Crippen LogP contribution is 2.24. The third-order valence-corrected chi connectivity index (χ3v) is 3.90. The second kappa shape index (κ2) is 9.27. The van der Waals surface area contributed by atoms with Gasteiger partial charge in [-0.25, -0.2) is 0 Å². The molecule has 0 aliphatic carbocycles. The van der Waals surface area contributed by atoms with Gasteiger partial charge in [0.2, 0.25) is 0 Å². The van der Waals surface area contributed by atoms with Crippen LogP contribution >= 0.6 is 0 Å². The molecule has 0 saturated heterocycles. The van der Waals surface area contributed by atoms with Crippen LogP contribution in [0.3, 0.4) is 0 Å². The molecule has 3 aromatic rings. The van der Waals surface area contributed by atoms with Crippen molar-refractivity contribution in [1.82, 2.24) is 15.3 Å². The first kappa shape index (κ1) is 19.0. The maximum atomic E-state index is 12.6. The maximum Gasteiger partial charge on any atom is 0.257 e. The van der Waals surface area contributed by atoms with Crippen molar-refractivity contribution in [2.75, 3.05) is 11.9 Å². The Balaban J connectivity index is 1.68. The smallest absolute Gasteiger partial charge is 0.257 e. The van der Waals surface area contributed by atoms with E-state index in [4.69, 9.17) is 4.74 Å². The van der Waals surface area contributed by atoms with Gasteiger partial charge in [-0.2, -0.15) is 0 Å². The minimum atomic E-state index is -0.372. The lowest BCUT2D eigenvalue weighted by Crippen LogP contribution is -2.23. The second-order valence-electron chi connectivity index (χ2n) is 5.88. The summed E-state index contributed by atoms with van der Waals surface area (Å²) in [4.78, 5) is 32.9. The Kier molecular flexibility index (Phi) is 6.30. The SMILES string of the molecule is CCOc1ccccc1NC(=O)c1cncc(C(=O)NCc2ccncc2)c1. The number of hydrogen-bond donors (Lipinski definition) is 2. The average molecular weight is 376 g/mol. The first-order valence-electron chi connectivity index (χ1n) is 8.82. The van der Waals surface area contributed by atoms with Gasteiger partial charge in [-0.3, -0.25) is 19.6 Å². The monoisotopic (exact) mass is 376 g/mol. The molecule has 28 heavy (non-hydrogen) atoms. The number of ether oxygens (including phenoxy) is 1. The zero-order valence-electron chi connectivity index (χ0n) is 15.4. The molecular formula is C21H20N4O3. The van der Waals surface area contributed by atoms with Crippen LogP contribution in [0.15, 0.2) is 67.3 Å². The van der Waals surface area contributed by atoms with Crippen LogP contribution in [0.2, 0.25) is 0 Å². The Morgan fingerprint density at radius 1 is 0.964 bits per heavy atom. The van der Waals surface area contributed by atoms with Gasteiger partial charge in [0, 0.05) is 31.3 Å². The van der Waals surface area contributed by atoms with E-state index < -0.39 is 0 Å². The molecule has 7 heteroatoms. The van der Waals surface area contributed by atoms with E-state index in [9.17, 15) is 9.59 Å². The van der Waals surface area contributed by atoms with E-state index in [0.717, 1.165) is 5.56 Å². The lowest BCUT2D eigenvalue weighted by Gasteiger charge is -2.11. The molecule has 0 unspecified atom stereocenters. The van der Waals surface area contributed by atoms with Gasteiger partial charge >= 0.3 is 0 Å². The van der Waals surface area contributed by atoms with Gasteiger partial charge in [0.15, 0.2) is 0 Å². The van der Waals surface area contributed by atoms with E-state index in [1.165, 1.54) is 18.5 Å². The summed E-state index contributed by atoms with van der Waals surface area (Å²) in [6.45, 7) is 2.72. The Hall–Kier alpha value is -3.74. The molecule has 2 N–H and O–H groups in total. The second-order valence-corrected chi connectivity index (χ2v) is 5.88. The number of aromatic nitrogens is 2. The fourth-order valence-corrected chi connectivity index (χ4v) is 2.52. The number of amides is 2. The number of benzene rings is 1. The van der Waals surface area contributed by atoms with Gasteiger partial charge in [-0.05, 0) is 42.8 Å². The standard InChI is InChI=1S/C21H20N4O3/c1-2-28-19-6-4-3-5-18(19)25-21(27)17-11-16(13-23-14-17)20(26)24-12-15-7-9-22-10-8-15/h3-11,13-14H,2,12H2,1H3,(H,24,26)(H,25,27). The van der Waals surface area contributed by atoms with Crippen LogP contribution < -0.4 is 15.4 Å². The van der Waals surface area contributed by atoms with E-state index in [2.05, 4.69) is 20.6 Å². The molecule has 0 aliphatic heterocycles. The van der Waals surface area contributed by atoms with Gasteiger partial charge < -0.3 is 15.4 Å². The van der Waals surface area contributed by atoms with Crippen LogP contribution in [-0.4, -0.2) is 28.4 Å². The highest BCUT2D eigenvalue weighted by atomic mass is 16.5. The van der Waals surface area contributed by atoms with Gasteiger partial charge in [-0.1, -0.05) is 12.1 Å². The van der Waals surface area contributed by atoms with Crippen molar-refractivity contribution in [2.45, 2.75) is 13.5 Å². The van der Waals surface area contributed by atoms with Crippen molar-refractivity contribution in [3.63, 3.8) is 0 Å². The van der Waals surface area contributed by atoms with E-state index in [0.29, 0.717) is 30.2 Å². The number of anilines is 1. The zero-order valence-corrected chi connectivity index (χ0v) is 15.4. The summed E-state index contributed by atoms with van der Waals surface area (Å²) in [7, 11) is 0. The Bertz CT molecular complexity index is 961. The predicted octanol–water partition coefficient (Wildman–Crippen LogP) is 3.06. The van der Waals surface area contributed by atoms with Gasteiger partial charge in [-0.15, -0.1) is 0 Å². The molecular weight excluding hydrogens is 356 g/mol. The van der Waals surface area contributed by atoms with Crippen LogP contribution in [0.4, 0.5) is 5.69 Å². The number of nitrogens with one attached hydrogen (secondary N) is 2. The van der Waals surface area contributed by atoms with Gasteiger partial charge in [0.25, 0.3) is 11.8 Å². The summed E-state index contributed by atoms with van der Waals surface area (Å²) >= 11 is 0. The zero-order chi connectivity index (χ0) is 19.8. The van der Waals surface area contributed by atoms with E-state index >= 15 is 0 Å². The minimum absolute atomic E-state index is 0.280. The van der Waals surface area contributed by atoms with Gasteiger partial charge in [0.05, 0.1) is 23.4 Å². The highest BCUT2D eigenvalue weighted by molar-refractivity contribution is 6.06. The third-order valence-electron chi connectivity index (χ3n) is 3.90. The molecule has 142 valence electrons. The van der Waals surface area contributed by atoms with Crippen LogP contribution in [0, 0.1) is 0 Å². The highest BCUT2D eigenvalue weighted by Gasteiger charge is 2.13. The van der Waals surface area contributed by atoms with Crippen molar-refractivity contribution in [3.8, 4) is 5.75 Å². The molecule has 0 atom stereocenters. The Morgan fingerprint density at radius 2 is 1.68 bits per heavy atom. The summed E-state index contributed by atoms with van der Waals surface area (Å²) in [6.07, 6.45) is 6.16. The molecule has 2 heterocycles. The number of nitrogens with zero attached hydrogens (tertiary/aromatic N) is 2. The number of hydrogen-bond acceptors (Lipinski definition) is 5. The molecule has 7 nitrogen and oxygen atoms in total. The lowest BCUT2D eigenvalue weighted by atomic mass is 10.1. The minimum Gasteiger partial charge on any atom is -0.492 e. The molecule has 2 aromatic heterocycles. The number of pyridine rings is 2. The van der Waals surface area contributed by atoms with Crippen LogP contribution in [0.5, 0.6) is 5.75 Å². The van der Waals surface area contributed by atoms with Crippen molar-refractivity contribution in [3.05, 3.63) is 83.9 Å². The number of carbonyl (C=O) groups is 2. The fourth-order valence-electron chi connectivity index (χ4n) is 2.52. The molecule has 3 rings (SSSR count). The van der Waals surface area contributed by atoms with Crippen molar-refractivity contribution < 1.29 is 14.3 Å². The van der Waals surface area contributed by atoms with Crippen molar-refractivity contribution >= 4 is 17.5 Å². The summed E-state index contributed by atoms with van der Waals surface area (Å²) < 4.78 is 5.51. The number of para-hydroxylation sites is 2. The topological polar surface area (TPSA) is 93.2 Å². The molecule has 0 bridgehead atoms. The third kappa shape index (κ3) is 4.91. The normalized spacial score (nSPS) is 10.2. The summed E-state index contributed by atoms with van der Waals surface area (Å²) in [6, 6.07) is 12.3. The van der Waals surface area contributed by atoms with Crippen LogP contribution in [0.25, 0.3) is 0 Å². The lowest BCUT2D eigenvalue weighted by molar-refractivity contribution is 0.0950.